The Morgan fingerprint density at radius 3 is 1.96 bits per heavy atom. The van der Waals surface area contributed by atoms with Crippen molar-refractivity contribution in [2.45, 2.75) is 85.4 Å². The molecule has 27 heavy (non-hydrogen) atoms. The molecule has 0 aliphatic carbocycles. The third-order valence-corrected chi connectivity index (χ3v) is 4.74. The summed E-state index contributed by atoms with van der Waals surface area (Å²) < 4.78 is 0. The Hall–Kier alpha value is -1.41. The summed E-state index contributed by atoms with van der Waals surface area (Å²) in [6.45, 7) is 12.6. The normalized spacial score (nSPS) is 14.3. The molecule has 0 radical (unpaired) electrons. The zero-order valence-electron chi connectivity index (χ0n) is 17.4. The summed E-state index contributed by atoms with van der Waals surface area (Å²) in [5.74, 6) is -1.73. The molecule has 7 nitrogen and oxygen atoms in total. The van der Waals surface area contributed by atoms with E-state index in [1.165, 1.54) is 0 Å². The molecular weight excluding hydrogens is 368 g/mol. The monoisotopic (exact) mass is 401 g/mol. The van der Waals surface area contributed by atoms with Gasteiger partial charge in [-0.15, -0.1) is 0 Å². The Morgan fingerprint density at radius 1 is 1.00 bits per heavy atom. The third-order valence-electron chi connectivity index (χ3n) is 3.63. The van der Waals surface area contributed by atoms with E-state index in [-0.39, 0.29) is 29.5 Å². The minimum atomic E-state index is -1.24. The van der Waals surface area contributed by atoms with Crippen molar-refractivity contribution in [3.05, 3.63) is 0 Å². The third kappa shape index (κ3) is 11.1. The van der Waals surface area contributed by atoms with Crippen LogP contribution in [0.1, 0.15) is 67.7 Å². The van der Waals surface area contributed by atoms with Crippen molar-refractivity contribution in [3.63, 3.8) is 0 Å². The number of aliphatic carboxylic acids is 1. The van der Waals surface area contributed by atoms with Crippen molar-refractivity contribution < 1.29 is 24.3 Å². The fourth-order valence-corrected chi connectivity index (χ4v) is 3.10. The second-order valence-electron chi connectivity index (χ2n) is 8.57. The number of amides is 1. The topological polar surface area (TPSA) is 115 Å². The van der Waals surface area contributed by atoms with Gasteiger partial charge in [-0.1, -0.05) is 39.5 Å². The van der Waals surface area contributed by atoms with E-state index in [1.807, 2.05) is 20.8 Å². The van der Waals surface area contributed by atoms with Crippen molar-refractivity contribution in [3.8, 4) is 0 Å². The van der Waals surface area contributed by atoms with E-state index in [2.05, 4.69) is 10.6 Å². The van der Waals surface area contributed by atoms with Gasteiger partial charge in [0, 0.05) is 29.1 Å². The highest BCUT2D eigenvalue weighted by molar-refractivity contribution is 8.13. The first-order chi connectivity index (χ1) is 12.2. The van der Waals surface area contributed by atoms with Gasteiger partial charge < -0.3 is 20.5 Å². The maximum atomic E-state index is 12.8. The molecule has 8 heteroatoms. The molecule has 0 fully saturated rings. The van der Waals surface area contributed by atoms with E-state index < -0.39 is 34.9 Å². The van der Waals surface area contributed by atoms with E-state index in [1.54, 1.807) is 27.7 Å². The highest BCUT2D eigenvalue weighted by Gasteiger charge is 2.33. The SMILES string of the molecule is CCC(=O)SC[C@H](NC(=O)[C@H](CCC(=O)[O-])NC(C)(C)C)C(=O)C(C)(C)C. The molecule has 0 heterocycles. The summed E-state index contributed by atoms with van der Waals surface area (Å²) in [7, 11) is 0. The Labute approximate surface area is 166 Å². The van der Waals surface area contributed by atoms with Gasteiger partial charge in [-0.25, -0.2) is 0 Å². The minimum Gasteiger partial charge on any atom is -0.550 e. The first kappa shape index (κ1) is 25.6. The largest absolute Gasteiger partial charge is 0.550 e. The number of Topliss-reactive ketones (excluding diaryl/α,β-unsaturated/α-hetero) is 1. The van der Waals surface area contributed by atoms with Crippen LogP contribution >= 0.6 is 11.8 Å². The molecule has 0 rings (SSSR count). The average Bonchev–Trinajstić information content (AvgIpc) is 2.51. The molecule has 0 bridgehead atoms. The number of carboxylic acids is 1. The van der Waals surface area contributed by atoms with Crippen LogP contribution in [0.3, 0.4) is 0 Å². The summed E-state index contributed by atoms with van der Waals surface area (Å²) >= 11 is 1.02. The van der Waals surface area contributed by atoms with Gasteiger partial charge in [0.25, 0.3) is 0 Å². The molecule has 0 spiro atoms. The number of rotatable bonds is 10. The van der Waals surface area contributed by atoms with Crippen LogP contribution in [-0.2, 0) is 19.2 Å². The molecule has 2 N–H and O–H groups in total. The molecule has 0 aliphatic rings. The Morgan fingerprint density at radius 2 is 1.56 bits per heavy atom. The van der Waals surface area contributed by atoms with Crippen LogP contribution in [0.5, 0.6) is 0 Å². The van der Waals surface area contributed by atoms with Crippen molar-refractivity contribution >= 4 is 34.5 Å². The average molecular weight is 402 g/mol. The summed E-state index contributed by atoms with van der Waals surface area (Å²) in [5.41, 5.74) is -1.11. The van der Waals surface area contributed by atoms with Crippen LogP contribution in [0.2, 0.25) is 0 Å². The second kappa shape index (κ2) is 10.8. The van der Waals surface area contributed by atoms with Crippen molar-refractivity contribution in [2.24, 2.45) is 5.41 Å². The van der Waals surface area contributed by atoms with E-state index >= 15 is 0 Å². The summed E-state index contributed by atoms with van der Waals surface area (Å²) in [4.78, 5) is 47.9. The highest BCUT2D eigenvalue weighted by atomic mass is 32.2. The fraction of sp³-hybridized carbons (Fsp3) is 0.789. The molecule has 2 atom stereocenters. The maximum Gasteiger partial charge on any atom is 0.237 e. The van der Waals surface area contributed by atoms with Crippen LogP contribution in [-0.4, -0.2) is 46.2 Å². The van der Waals surface area contributed by atoms with Gasteiger partial charge in [0.1, 0.15) is 0 Å². The molecule has 1 amide bonds. The molecule has 0 saturated heterocycles. The lowest BCUT2D eigenvalue weighted by molar-refractivity contribution is -0.305. The Kier molecular flexibility index (Phi) is 10.2. The number of thioether (sulfide) groups is 1. The van der Waals surface area contributed by atoms with Crippen LogP contribution in [0.25, 0.3) is 0 Å². The predicted molar refractivity (Wildman–Crippen MR) is 105 cm³/mol. The van der Waals surface area contributed by atoms with Gasteiger partial charge in [0.15, 0.2) is 10.9 Å². The molecule has 0 aromatic carbocycles. The van der Waals surface area contributed by atoms with Gasteiger partial charge >= 0.3 is 0 Å². The van der Waals surface area contributed by atoms with Gasteiger partial charge in [-0.2, -0.15) is 0 Å². The number of hydrogen-bond donors (Lipinski definition) is 2. The van der Waals surface area contributed by atoms with Crippen LogP contribution < -0.4 is 15.7 Å². The summed E-state index contributed by atoms with van der Waals surface area (Å²) in [6, 6.07) is -1.62. The fourth-order valence-electron chi connectivity index (χ4n) is 2.31. The molecule has 0 unspecified atom stereocenters. The first-order valence-electron chi connectivity index (χ1n) is 9.15. The quantitative estimate of drug-likeness (QED) is 0.562. The van der Waals surface area contributed by atoms with Gasteiger partial charge in [0.05, 0.1) is 12.1 Å². The summed E-state index contributed by atoms with van der Waals surface area (Å²) in [6.07, 6.45) is 0.111. The van der Waals surface area contributed by atoms with E-state index in [0.29, 0.717) is 6.42 Å². The second-order valence-corrected chi connectivity index (χ2v) is 9.65. The number of hydrogen-bond acceptors (Lipinski definition) is 7. The number of nitrogens with one attached hydrogen (secondary N) is 2. The number of carbonyl (C=O) groups is 4. The molecule has 0 aromatic heterocycles. The van der Waals surface area contributed by atoms with Crippen LogP contribution in [0.4, 0.5) is 0 Å². The number of carboxylic acid groups (broad SMARTS) is 1. The van der Waals surface area contributed by atoms with Gasteiger partial charge in [-0.3, -0.25) is 14.4 Å². The van der Waals surface area contributed by atoms with Crippen molar-refractivity contribution in [2.75, 3.05) is 5.75 Å². The number of ketones is 1. The minimum absolute atomic E-state index is 0.0445. The maximum absolute atomic E-state index is 12.8. The lowest BCUT2D eigenvalue weighted by atomic mass is 9.87. The first-order valence-corrected chi connectivity index (χ1v) is 10.1. The van der Waals surface area contributed by atoms with E-state index in [0.717, 1.165) is 11.8 Å². The zero-order valence-corrected chi connectivity index (χ0v) is 18.2. The highest BCUT2D eigenvalue weighted by Crippen LogP contribution is 2.20. The zero-order chi connectivity index (χ0) is 21.4. The predicted octanol–water partition coefficient (Wildman–Crippen LogP) is 1.04. The molecule has 156 valence electrons. The van der Waals surface area contributed by atoms with E-state index in [9.17, 15) is 24.3 Å². The van der Waals surface area contributed by atoms with E-state index in [4.69, 9.17) is 0 Å². The van der Waals surface area contributed by atoms with Crippen LogP contribution in [0.15, 0.2) is 0 Å². The van der Waals surface area contributed by atoms with Gasteiger partial charge in [-0.05, 0) is 33.6 Å². The van der Waals surface area contributed by atoms with Crippen LogP contribution in [0, 0.1) is 5.41 Å². The van der Waals surface area contributed by atoms with Crippen molar-refractivity contribution in [1.82, 2.24) is 10.6 Å². The molecule has 0 aromatic rings. The number of carbonyl (C=O) groups excluding carboxylic acids is 4. The Balaban J connectivity index is 5.34. The standard InChI is InChI=1S/C19H34N2O5S/c1-8-15(24)27-11-13(16(25)18(2,3)4)20-17(26)12(9-10-14(22)23)21-19(5,6)7/h12-13,21H,8-11H2,1-7H3,(H,20,26)(H,22,23)/p-1/t12-,13-/m0/s1. The molecule has 0 saturated carbocycles. The lowest BCUT2D eigenvalue weighted by Gasteiger charge is -2.31. The smallest absolute Gasteiger partial charge is 0.237 e. The molecular formula is C19H33N2O5S-. The van der Waals surface area contributed by atoms with Crippen molar-refractivity contribution in [1.29, 1.82) is 0 Å². The lowest BCUT2D eigenvalue weighted by Crippen LogP contribution is -2.56. The summed E-state index contributed by atoms with van der Waals surface area (Å²) in [5, 5.41) is 16.5. The van der Waals surface area contributed by atoms with Gasteiger partial charge in [0.2, 0.25) is 5.91 Å². The Bertz CT molecular complexity index is 549. The molecule has 0 aliphatic heterocycles.